The Bertz CT molecular complexity index is 901. The van der Waals surface area contributed by atoms with Crippen LogP contribution in [0.2, 0.25) is 0 Å². The van der Waals surface area contributed by atoms with Crippen LogP contribution in [0.1, 0.15) is 37.9 Å². The van der Waals surface area contributed by atoms with Crippen LogP contribution in [-0.2, 0) is 18.3 Å². The number of thiophene rings is 1. The second-order valence-electron chi connectivity index (χ2n) is 7.26. The van der Waals surface area contributed by atoms with Crippen LogP contribution >= 0.6 is 23.1 Å². The lowest BCUT2D eigenvalue weighted by atomic mass is 10.00. The van der Waals surface area contributed by atoms with Gasteiger partial charge >= 0.3 is 0 Å². The third-order valence-corrected chi connectivity index (χ3v) is 6.30. The van der Waals surface area contributed by atoms with Crippen LogP contribution in [0, 0.1) is 5.92 Å². The summed E-state index contributed by atoms with van der Waals surface area (Å²) >= 11 is 3.03. The molecule has 0 aliphatic heterocycles. The fraction of sp³-hybridized carbons (Fsp3) is 0.381. The lowest BCUT2D eigenvalue weighted by Crippen LogP contribution is -2.28. The van der Waals surface area contributed by atoms with Crippen LogP contribution in [0.4, 0.5) is 0 Å². The van der Waals surface area contributed by atoms with E-state index in [-0.39, 0.29) is 11.9 Å². The van der Waals surface area contributed by atoms with Gasteiger partial charge in [-0.2, -0.15) is 0 Å². The van der Waals surface area contributed by atoms with E-state index < -0.39 is 0 Å². The maximum atomic E-state index is 12.4. The fourth-order valence-electron chi connectivity index (χ4n) is 2.97. The molecule has 1 amide bonds. The standard InChI is InChI=1S/C21H26N4OS2/c1-14(2)12-16-7-9-17(10-8-16)15(3)22-19(26)13-28-21-24-23-20(25(21)4)18-6-5-11-27-18/h5-11,14-15H,12-13H2,1-4H3,(H,22,26). The molecule has 2 heterocycles. The lowest BCUT2D eigenvalue weighted by Gasteiger charge is -2.15. The Morgan fingerprint density at radius 2 is 1.93 bits per heavy atom. The summed E-state index contributed by atoms with van der Waals surface area (Å²) in [7, 11) is 1.93. The van der Waals surface area contributed by atoms with Crippen molar-refractivity contribution in [2.45, 2.75) is 38.4 Å². The number of amides is 1. The van der Waals surface area contributed by atoms with E-state index in [9.17, 15) is 4.79 Å². The molecule has 0 saturated heterocycles. The first kappa shape index (κ1) is 20.6. The average molecular weight is 415 g/mol. The van der Waals surface area contributed by atoms with Gasteiger partial charge in [0.1, 0.15) is 0 Å². The van der Waals surface area contributed by atoms with Crippen LogP contribution in [0.25, 0.3) is 10.7 Å². The molecule has 5 nitrogen and oxygen atoms in total. The topological polar surface area (TPSA) is 59.8 Å². The summed E-state index contributed by atoms with van der Waals surface area (Å²) < 4.78 is 1.93. The number of hydrogen-bond acceptors (Lipinski definition) is 5. The fourth-order valence-corrected chi connectivity index (χ4v) is 4.44. The van der Waals surface area contributed by atoms with Crippen molar-refractivity contribution >= 4 is 29.0 Å². The first-order chi connectivity index (χ1) is 13.4. The predicted molar refractivity (Wildman–Crippen MR) is 117 cm³/mol. The molecule has 3 aromatic rings. The van der Waals surface area contributed by atoms with Gasteiger partial charge < -0.3 is 9.88 Å². The Balaban J connectivity index is 1.53. The molecular weight excluding hydrogens is 388 g/mol. The highest BCUT2D eigenvalue weighted by molar-refractivity contribution is 7.99. The monoisotopic (exact) mass is 414 g/mol. The maximum Gasteiger partial charge on any atom is 0.230 e. The van der Waals surface area contributed by atoms with Crippen LogP contribution < -0.4 is 5.32 Å². The van der Waals surface area contributed by atoms with Crippen LogP contribution in [0.15, 0.2) is 46.9 Å². The Morgan fingerprint density at radius 3 is 2.57 bits per heavy atom. The Labute approximate surface area is 174 Å². The van der Waals surface area contributed by atoms with Crippen LogP contribution in [-0.4, -0.2) is 26.4 Å². The molecule has 1 unspecified atom stereocenters. The van der Waals surface area contributed by atoms with E-state index >= 15 is 0 Å². The van der Waals surface area contributed by atoms with Gasteiger partial charge in [0.05, 0.1) is 16.7 Å². The minimum absolute atomic E-state index is 0.00979. The van der Waals surface area contributed by atoms with Crippen molar-refractivity contribution in [3.8, 4) is 10.7 Å². The molecule has 0 aliphatic rings. The van der Waals surface area contributed by atoms with Crippen LogP contribution in [0.5, 0.6) is 0 Å². The number of nitrogens with one attached hydrogen (secondary N) is 1. The van der Waals surface area contributed by atoms with Gasteiger partial charge in [0.2, 0.25) is 5.91 Å². The van der Waals surface area contributed by atoms with Gasteiger partial charge in [0.25, 0.3) is 0 Å². The number of hydrogen-bond donors (Lipinski definition) is 1. The van der Waals surface area contributed by atoms with Crippen molar-refractivity contribution in [2.75, 3.05) is 5.75 Å². The van der Waals surface area contributed by atoms with Crippen LogP contribution in [0.3, 0.4) is 0 Å². The van der Waals surface area contributed by atoms with Gasteiger partial charge in [-0.15, -0.1) is 21.5 Å². The smallest absolute Gasteiger partial charge is 0.230 e. The Hall–Kier alpha value is -2.12. The molecule has 0 bridgehead atoms. The lowest BCUT2D eigenvalue weighted by molar-refractivity contribution is -0.119. The van der Waals surface area contributed by atoms with E-state index in [0.717, 1.165) is 27.8 Å². The summed E-state index contributed by atoms with van der Waals surface area (Å²) in [6.45, 7) is 6.45. The molecule has 0 spiro atoms. The molecule has 1 aromatic carbocycles. The third-order valence-electron chi connectivity index (χ3n) is 4.41. The Kier molecular flexibility index (Phi) is 6.91. The summed E-state index contributed by atoms with van der Waals surface area (Å²) in [4.78, 5) is 13.4. The normalized spacial score (nSPS) is 12.3. The molecule has 0 radical (unpaired) electrons. The molecule has 1 atom stereocenters. The highest BCUT2D eigenvalue weighted by Crippen LogP contribution is 2.26. The van der Waals surface area contributed by atoms with Crippen molar-refractivity contribution in [1.82, 2.24) is 20.1 Å². The SMILES string of the molecule is CC(C)Cc1ccc(C(C)NC(=O)CSc2nnc(-c3cccs3)n2C)cc1. The molecule has 0 aliphatic carbocycles. The van der Waals surface area contributed by atoms with Gasteiger partial charge in [0.15, 0.2) is 11.0 Å². The van der Waals surface area contributed by atoms with E-state index in [1.807, 2.05) is 36.1 Å². The number of carbonyl (C=O) groups excluding carboxylic acids is 1. The summed E-state index contributed by atoms with van der Waals surface area (Å²) in [5.74, 6) is 1.77. The number of nitrogens with zero attached hydrogens (tertiary/aromatic N) is 3. The van der Waals surface area contributed by atoms with E-state index in [1.165, 1.54) is 17.3 Å². The first-order valence-electron chi connectivity index (χ1n) is 9.38. The maximum absolute atomic E-state index is 12.4. The van der Waals surface area contributed by atoms with Gasteiger partial charge in [0, 0.05) is 7.05 Å². The predicted octanol–water partition coefficient (Wildman–Crippen LogP) is 4.71. The highest BCUT2D eigenvalue weighted by atomic mass is 32.2. The minimum Gasteiger partial charge on any atom is -0.349 e. The zero-order chi connectivity index (χ0) is 20.1. The van der Waals surface area contributed by atoms with E-state index in [2.05, 4.69) is 53.6 Å². The quantitative estimate of drug-likeness (QED) is 0.542. The number of aromatic nitrogens is 3. The summed E-state index contributed by atoms with van der Waals surface area (Å²) in [6.07, 6.45) is 1.07. The molecule has 28 heavy (non-hydrogen) atoms. The van der Waals surface area contributed by atoms with Crippen molar-refractivity contribution in [2.24, 2.45) is 13.0 Å². The molecule has 0 saturated carbocycles. The summed E-state index contributed by atoms with van der Waals surface area (Å²) in [5, 5.41) is 14.3. The zero-order valence-corrected chi connectivity index (χ0v) is 18.3. The number of rotatable bonds is 8. The molecule has 1 N–H and O–H groups in total. The van der Waals surface area contributed by atoms with E-state index in [4.69, 9.17) is 0 Å². The minimum atomic E-state index is -0.0256. The Morgan fingerprint density at radius 1 is 1.18 bits per heavy atom. The number of benzene rings is 1. The van der Waals surface area contributed by atoms with Gasteiger partial charge in [-0.1, -0.05) is 55.9 Å². The van der Waals surface area contributed by atoms with Crippen molar-refractivity contribution in [3.63, 3.8) is 0 Å². The number of carbonyl (C=O) groups is 1. The van der Waals surface area contributed by atoms with Crippen molar-refractivity contribution in [3.05, 3.63) is 52.9 Å². The number of thioether (sulfide) groups is 1. The molecule has 3 rings (SSSR count). The summed E-state index contributed by atoms with van der Waals surface area (Å²) in [6, 6.07) is 12.5. The molecule has 2 aromatic heterocycles. The first-order valence-corrected chi connectivity index (χ1v) is 11.2. The highest BCUT2D eigenvalue weighted by Gasteiger charge is 2.15. The van der Waals surface area contributed by atoms with E-state index in [1.54, 1.807) is 11.3 Å². The zero-order valence-electron chi connectivity index (χ0n) is 16.7. The van der Waals surface area contributed by atoms with Crippen molar-refractivity contribution in [1.29, 1.82) is 0 Å². The molecule has 0 fully saturated rings. The molecular formula is C21H26N4OS2. The molecule has 7 heteroatoms. The average Bonchev–Trinajstić information content (AvgIpc) is 3.29. The van der Waals surface area contributed by atoms with Crippen molar-refractivity contribution < 1.29 is 4.79 Å². The van der Waals surface area contributed by atoms with Gasteiger partial charge in [-0.25, -0.2) is 0 Å². The third kappa shape index (κ3) is 5.23. The largest absolute Gasteiger partial charge is 0.349 e. The second-order valence-corrected chi connectivity index (χ2v) is 9.15. The van der Waals surface area contributed by atoms with Gasteiger partial charge in [-0.3, -0.25) is 4.79 Å². The van der Waals surface area contributed by atoms with Gasteiger partial charge in [-0.05, 0) is 41.8 Å². The molecule has 148 valence electrons. The summed E-state index contributed by atoms with van der Waals surface area (Å²) in [5.41, 5.74) is 2.45. The van der Waals surface area contributed by atoms with E-state index in [0.29, 0.717) is 11.7 Å². The second kappa shape index (κ2) is 9.39.